The van der Waals surface area contributed by atoms with E-state index in [4.69, 9.17) is 11.6 Å². The Kier molecular flexibility index (Phi) is 7.76. The van der Waals surface area contributed by atoms with Crippen LogP contribution in [-0.4, -0.2) is 30.7 Å². The molecule has 0 aliphatic carbocycles. The number of rotatable bonds is 8. The van der Waals surface area contributed by atoms with Gasteiger partial charge < -0.3 is 10.6 Å². The third kappa shape index (κ3) is 6.76. The first-order chi connectivity index (χ1) is 12.1. The van der Waals surface area contributed by atoms with Gasteiger partial charge in [0.2, 0.25) is 5.91 Å². The molecular weight excluding hydrogens is 363 g/mol. The average molecular weight is 381 g/mol. The maximum absolute atomic E-state index is 13.4. The molecule has 0 aliphatic rings. The summed E-state index contributed by atoms with van der Waals surface area (Å²) in [4.78, 5) is 23.6. The molecule has 25 heavy (non-hydrogen) atoms. The van der Waals surface area contributed by atoms with Gasteiger partial charge in [-0.25, -0.2) is 4.39 Å². The van der Waals surface area contributed by atoms with E-state index in [1.165, 1.54) is 23.9 Å². The van der Waals surface area contributed by atoms with Crippen molar-refractivity contribution in [2.75, 3.05) is 18.8 Å². The van der Waals surface area contributed by atoms with Gasteiger partial charge in [0.25, 0.3) is 5.91 Å². The Balaban J connectivity index is 1.61. The van der Waals surface area contributed by atoms with Crippen LogP contribution in [0.4, 0.5) is 4.39 Å². The van der Waals surface area contributed by atoms with Crippen molar-refractivity contribution in [1.82, 2.24) is 10.6 Å². The zero-order chi connectivity index (χ0) is 18.1. The van der Waals surface area contributed by atoms with Crippen molar-refractivity contribution >= 4 is 35.2 Å². The van der Waals surface area contributed by atoms with E-state index >= 15 is 0 Å². The predicted molar refractivity (Wildman–Crippen MR) is 99.4 cm³/mol. The summed E-state index contributed by atoms with van der Waals surface area (Å²) in [5, 5.41) is 5.70. The van der Waals surface area contributed by atoms with E-state index < -0.39 is 0 Å². The monoisotopic (exact) mass is 380 g/mol. The van der Waals surface area contributed by atoms with E-state index in [0.717, 1.165) is 0 Å². The summed E-state index contributed by atoms with van der Waals surface area (Å²) in [7, 11) is 0. The number of thioether (sulfide) groups is 1. The van der Waals surface area contributed by atoms with Crippen molar-refractivity contribution in [3.63, 3.8) is 0 Å². The summed E-state index contributed by atoms with van der Waals surface area (Å²) in [5.41, 5.74) is 1.05. The van der Waals surface area contributed by atoms with Crippen LogP contribution in [0.25, 0.3) is 0 Å². The number of hydrogen-bond acceptors (Lipinski definition) is 3. The summed E-state index contributed by atoms with van der Waals surface area (Å²) in [6, 6.07) is 13.1. The van der Waals surface area contributed by atoms with Gasteiger partial charge in [-0.3, -0.25) is 9.59 Å². The zero-order valence-corrected chi connectivity index (χ0v) is 15.0. The summed E-state index contributed by atoms with van der Waals surface area (Å²) < 4.78 is 13.4. The van der Waals surface area contributed by atoms with Crippen LogP contribution < -0.4 is 10.6 Å². The Morgan fingerprint density at radius 2 is 1.88 bits per heavy atom. The van der Waals surface area contributed by atoms with E-state index in [-0.39, 0.29) is 24.2 Å². The highest BCUT2D eigenvalue weighted by atomic mass is 35.5. The van der Waals surface area contributed by atoms with E-state index in [2.05, 4.69) is 10.6 Å². The van der Waals surface area contributed by atoms with Gasteiger partial charge in [0.15, 0.2) is 0 Å². The molecule has 2 amide bonds. The summed E-state index contributed by atoms with van der Waals surface area (Å²) >= 11 is 7.35. The lowest BCUT2D eigenvalue weighted by atomic mass is 10.2. The van der Waals surface area contributed by atoms with Crippen molar-refractivity contribution in [3.05, 3.63) is 70.5 Å². The van der Waals surface area contributed by atoms with Crippen LogP contribution in [0.1, 0.15) is 15.9 Å². The fourth-order valence-corrected chi connectivity index (χ4v) is 3.05. The molecule has 0 unspecified atom stereocenters. The molecule has 7 heteroatoms. The first-order valence-corrected chi connectivity index (χ1v) is 9.21. The third-order valence-corrected chi connectivity index (χ3v) is 4.52. The fraction of sp³-hybridized carbons (Fsp3) is 0.222. The summed E-state index contributed by atoms with van der Waals surface area (Å²) in [5.74, 6) is 0.354. The molecule has 0 saturated heterocycles. The van der Waals surface area contributed by atoms with Crippen LogP contribution in [0.3, 0.4) is 0 Å². The number of halogens is 2. The van der Waals surface area contributed by atoms with E-state index in [1.807, 2.05) is 0 Å². The molecule has 0 bridgehead atoms. The molecular formula is C18H18ClFN2O2S. The van der Waals surface area contributed by atoms with Crippen LogP contribution in [0.2, 0.25) is 5.02 Å². The van der Waals surface area contributed by atoms with Crippen molar-refractivity contribution < 1.29 is 14.0 Å². The SMILES string of the molecule is O=C(CNC(=O)c1cccc(Cl)c1)NCCSCc1ccccc1F. The molecule has 132 valence electrons. The minimum atomic E-state index is -0.355. The Bertz CT molecular complexity index is 743. The zero-order valence-electron chi connectivity index (χ0n) is 13.4. The molecule has 0 radical (unpaired) electrons. The van der Waals surface area contributed by atoms with Crippen molar-refractivity contribution in [1.29, 1.82) is 0 Å². The smallest absolute Gasteiger partial charge is 0.251 e. The number of hydrogen-bond donors (Lipinski definition) is 2. The molecule has 0 atom stereocenters. The summed E-state index contributed by atoms with van der Waals surface area (Å²) in [6.45, 7) is 0.342. The molecule has 2 rings (SSSR count). The topological polar surface area (TPSA) is 58.2 Å². The van der Waals surface area contributed by atoms with Gasteiger partial charge in [0, 0.05) is 28.6 Å². The van der Waals surface area contributed by atoms with Crippen LogP contribution in [0.15, 0.2) is 48.5 Å². The van der Waals surface area contributed by atoms with Gasteiger partial charge in [0.05, 0.1) is 6.54 Å². The standard InChI is InChI=1S/C18H18ClFN2O2S/c19-15-6-3-5-13(10-15)18(24)22-11-17(23)21-8-9-25-12-14-4-1-2-7-16(14)20/h1-7,10H,8-9,11-12H2,(H,21,23)(H,22,24). The number of carbonyl (C=O) groups excluding carboxylic acids is 2. The maximum Gasteiger partial charge on any atom is 0.251 e. The Morgan fingerprint density at radius 1 is 1.08 bits per heavy atom. The largest absolute Gasteiger partial charge is 0.354 e. The fourth-order valence-electron chi connectivity index (χ4n) is 2.02. The van der Waals surface area contributed by atoms with Crippen molar-refractivity contribution in [2.24, 2.45) is 0 Å². The van der Waals surface area contributed by atoms with Gasteiger partial charge in [-0.15, -0.1) is 0 Å². The van der Waals surface area contributed by atoms with Crippen LogP contribution in [0, 0.1) is 5.82 Å². The lowest BCUT2D eigenvalue weighted by Gasteiger charge is -2.07. The van der Waals surface area contributed by atoms with E-state index in [0.29, 0.717) is 34.2 Å². The van der Waals surface area contributed by atoms with E-state index in [1.54, 1.807) is 36.4 Å². The summed E-state index contributed by atoms with van der Waals surface area (Å²) in [6.07, 6.45) is 0. The van der Waals surface area contributed by atoms with Gasteiger partial charge in [-0.2, -0.15) is 11.8 Å². The van der Waals surface area contributed by atoms with Gasteiger partial charge in [0.1, 0.15) is 5.82 Å². The highest BCUT2D eigenvalue weighted by molar-refractivity contribution is 7.98. The second-order valence-electron chi connectivity index (χ2n) is 5.19. The quantitative estimate of drug-likeness (QED) is 0.691. The number of carbonyl (C=O) groups is 2. The Hall–Kier alpha value is -2.05. The molecule has 0 spiro atoms. The molecule has 0 saturated carbocycles. The van der Waals surface area contributed by atoms with Gasteiger partial charge >= 0.3 is 0 Å². The molecule has 0 heterocycles. The molecule has 0 fully saturated rings. The van der Waals surface area contributed by atoms with Gasteiger partial charge in [-0.1, -0.05) is 35.9 Å². The Labute approximate surface area is 155 Å². The number of benzene rings is 2. The minimum Gasteiger partial charge on any atom is -0.354 e. The second kappa shape index (κ2) is 10.1. The molecule has 2 aromatic rings. The second-order valence-corrected chi connectivity index (χ2v) is 6.73. The average Bonchev–Trinajstić information content (AvgIpc) is 2.61. The lowest BCUT2D eigenvalue weighted by Crippen LogP contribution is -2.37. The third-order valence-electron chi connectivity index (χ3n) is 3.28. The molecule has 2 aromatic carbocycles. The number of amides is 2. The predicted octanol–water partition coefficient (Wildman–Crippen LogP) is 3.26. The van der Waals surface area contributed by atoms with Crippen molar-refractivity contribution in [2.45, 2.75) is 5.75 Å². The maximum atomic E-state index is 13.4. The minimum absolute atomic E-state index is 0.108. The van der Waals surface area contributed by atoms with Crippen LogP contribution in [0.5, 0.6) is 0 Å². The first kappa shape index (κ1) is 19.3. The molecule has 4 nitrogen and oxygen atoms in total. The Morgan fingerprint density at radius 3 is 2.64 bits per heavy atom. The molecule has 0 aliphatic heterocycles. The number of nitrogens with one attached hydrogen (secondary N) is 2. The first-order valence-electron chi connectivity index (χ1n) is 7.68. The van der Waals surface area contributed by atoms with E-state index in [9.17, 15) is 14.0 Å². The van der Waals surface area contributed by atoms with Gasteiger partial charge in [-0.05, 0) is 29.8 Å². The molecule has 0 aromatic heterocycles. The highest BCUT2D eigenvalue weighted by Gasteiger charge is 2.08. The van der Waals surface area contributed by atoms with Crippen LogP contribution >= 0.6 is 23.4 Å². The lowest BCUT2D eigenvalue weighted by molar-refractivity contribution is -0.120. The van der Waals surface area contributed by atoms with Crippen LogP contribution in [-0.2, 0) is 10.5 Å². The molecule has 2 N–H and O–H groups in total. The van der Waals surface area contributed by atoms with Crippen molar-refractivity contribution in [3.8, 4) is 0 Å². The highest BCUT2D eigenvalue weighted by Crippen LogP contribution is 2.14. The normalized spacial score (nSPS) is 10.3.